The lowest BCUT2D eigenvalue weighted by molar-refractivity contribution is -0.389. The first kappa shape index (κ1) is 29.5. The first-order valence-corrected chi connectivity index (χ1v) is 13.3. The minimum absolute atomic E-state index is 0.00686. The number of nitro groups is 1. The Hall–Kier alpha value is -3.51. The summed E-state index contributed by atoms with van der Waals surface area (Å²) in [7, 11) is 0. The van der Waals surface area contributed by atoms with E-state index in [2.05, 4.69) is 14.6 Å². The third-order valence-corrected chi connectivity index (χ3v) is 7.16. The number of aliphatic hydroxyl groups is 1. The number of aromatic nitrogens is 2. The molecule has 2 heterocycles. The predicted octanol–water partition coefficient (Wildman–Crippen LogP) is 6.02. The number of imidazole rings is 1. The highest BCUT2D eigenvalue weighted by atomic mass is 35.5. The van der Waals surface area contributed by atoms with E-state index in [1.807, 2.05) is 24.3 Å². The van der Waals surface area contributed by atoms with Gasteiger partial charge in [0.25, 0.3) is 0 Å². The van der Waals surface area contributed by atoms with Gasteiger partial charge in [-0.2, -0.15) is 0 Å². The number of aliphatic hydroxyl groups excluding tert-OH is 1. The van der Waals surface area contributed by atoms with Crippen LogP contribution < -0.4 is 14.4 Å². The lowest BCUT2D eigenvalue weighted by Crippen LogP contribution is -2.33. The van der Waals surface area contributed by atoms with Crippen LogP contribution in [0.25, 0.3) is 0 Å². The molecule has 13 heteroatoms. The molecule has 0 radical (unpaired) electrons. The summed E-state index contributed by atoms with van der Waals surface area (Å²) in [5.74, 6) is 0.630. The minimum Gasteiger partial charge on any atom is -0.491 e. The van der Waals surface area contributed by atoms with E-state index in [-0.39, 0.29) is 36.4 Å². The lowest BCUT2D eigenvalue weighted by Gasteiger charge is -2.33. The summed E-state index contributed by atoms with van der Waals surface area (Å²) < 4.78 is 48.0. The summed E-state index contributed by atoms with van der Waals surface area (Å²) in [5, 5.41) is 21.0. The number of hydrogen-bond donors (Lipinski definition) is 1. The van der Waals surface area contributed by atoms with Gasteiger partial charge in [-0.05, 0) is 101 Å². The van der Waals surface area contributed by atoms with Gasteiger partial charge in [-0.15, -0.1) is 13.2 Å². The molecule has 40 heavy (non-hydrogen) atoms. The molecule has 1 aliphatic heterocycles. The molecule has 1 aromatic heterocycles. The van der Waals surface area contributed by atoms with Crippen molar-refractivity contribution in [2.75, 3.05) is 24.6 Å². The van der Waals surface area contributed by atoms with Gasteiger partial charge in [0.2, 0.25) is 0 Å². The van der Waals surface area contributed by atoms with Crippen molar-refractivity contribution in [1.29, 1.82) is 0 Å². The van der Waals surface area contributed by atoms with E-state index in [1.165, 1.54) is 22.9 Å². The average Bonchev–Trinajstić information content (AvgIpc) is 3.31. The number of aryl methyl sites for hydroxylation is 2. The van der Waals surface area contributed by atoms with Crippen molar-refractivity contribution in [2.24, 2.45) is 5.92 Å². The van der Waals surface area contributed by atoms with E-state index in [1.54, 1.807) is 12.1 Å². The first-order chi connectivity index (χ1) is 19.1. The molecule has 1 fully saturated rings. The number of rotatable bonds is 12. The zero-order valence-electron chi connectivity index (χ0n) is 21.6. The molecule has 1 atom stereocenters. The zero-order valence-corrected chi connectivity index (χ0v) is 22.4. The fraction of sp³-hybridized carbons (Fsp3) is 0.444. The van der Waals surface area contributed by atoms with Crippen molar-refractivity contribution in [3.05, 3.63) is 75.7 Å². The highest BCUT2D eigenvalue weighted by Gasteiger charge is 2.31. The normalized spacial score (nSPS) is 15.2. The number of halogens is 4. The zero-order chi connectivity index (χ0) is 28.7. The summed E-state index contributed by atoms with van der Waals surface area (Å²) in [6, 6.07) is 13.8. The fourth-order valence-electron chi connectivity index (χ4n) is 4.65. The number of ether oxygens (including phenoxy) is 2. The molecule has 0 amide bonds. The average molecular weight is 583 g/mol. The van der Waals surface area contributed by atoms with Crippen LogP contribution in [-0.2, 0) is 13.0 Å². The second-order valence-corrected chi connectivity index (χ2v) is 10.1. The van der Waals surface area contributed by atoms with Gasteiger partial charge in [-0.1, -0.05) is 12.1 Å². The number of piperidine rings is 1. The van der Waals surface area contributed by atoms with Crippen LogP contribution in [0, 0.1) is 16.0 Å². The maximum atomic E-state index is 12.3. The van der Waals surface area contributed by atoms with Crippen molar-refractivity contribution in [1.82, 2.24) is 9.55 Å². The standard InChI is InChI=1S/C27H30ClF3N4O5/c28-26-32-25(35(37)38)17-34(26)16-13-22(36)18-39-23-9-5-21(6-10-23)33-14-11-20(12-15-33)2-1-19-3-7-24(8-4-19)40-27(29,30)31/h3-10,17,20,22,36H,1-2,11-16,18H2/t22-/m1/s1. The van der Waals surface area contributed by atoms with Crippen LogP contribution in [-0.4, -0.2) is 51.7 Å². The van der Waals surface area contributed by atoms with Crippen molar-refractivity contribution >= 4 is 23.1 Å². The third kappa shape index (κ3) is 8.75. The first-order valence-electron chi connectivity index (χ1n) is 12.9. The van der Waals surface area contributed by atoms with Crippen molar-refractivity contribution in [3.63, 3.8) is 0 Å². The Morgan fingerprint density at radius 1 is 1.10 bits per heavy atom. The van der Waals surface area contributed by atoms with Crippen LogP contribution in [0.1, 0.15) is 31.2 Å². The molecule has 1 N–H and O–H groups in total. The molecule has 9 nitrogen and oxygen atoms in total. The van der Waals surface area contributed by atoms with E-state index in [9.17, 15) is 28.4 Å². The molecule has 0 aliphatic carbocycles. The molecule has 1 aliphatic rings. The van der Waals surface area contributed by atoms with E-state index in [4.69, 9.17) is 16.3 Å². The largest absolute Gasteiger partial charge is 0.573 e. The van der Waals surface area contributed by atoms with Gasteiger partial charge >= 0.3 is 17.5 Å². The van der Waals surface area contributed by atoms with Crippen LogP contribution in [0.4, 0.5) is 24.7 Å². The number of nitrogens with zero attached hydrogens (tertiary/aromatic N) is 4. The van der Waals surface area contributed by atoms with Crippen LogP contribution in [0.15, 0.2) is 54.7 Å². The van der Waals surface area contributed by atoms with E-state index in [0.29, 0.717) is 11.7 Å². The van der Waals surface area contributed by atoms with Crippen LogP contribution in [0.5, 0.6) is 11.5 Å². The fourth-order valence-corrected chi connectivity index (χ4v) is 4.87. The molecule has 216 valence electrons. The Balaban J connectivity index is 1.15. The number of benzene rings is 2. The van der Waals surface area contributed by atoms with E-state index >= 15 is 0 Å². The van der Waals surface area contributed by atoms with Crippen molar-refractivity contribution in [2.45, 2.75) is 51.1 Å². The molecular weight excluding hydrogens is 553 g/mol. The predicted molar refractivity (Wildman–Crippen MR) is 143 cm³/mol. The van der Waals surface area contributed by atoms with Crippen LogP contribution in [0.2, 0.25) is 5.28 Å². The third-order valence-electron chi connectivity index (χ3n) is 6.86. The van der Waals surface area contributed by atoms with Gasteiger partial charge in [0.15, 0.2) is 0 Å². The second kappa shape index (κ2) is 13.2. The van der Waals surface area contributed by atoms with Gasteiger partial charge in [-0.3, -0.25) is 4.57 Å². The molecule has 0 saturated carbocycles. The maximum absolute atomic E-state index is 12.3. The van der Waals surface area contributed by atoms with Gasteiger partial charge in [-0.25, -0.2) is 0 Å². The Morgan fingerprint density at radius 2 is 1.75 bits per heavy atom. The van der Waals surface area contributed by atoms with E-state index < -0.39 is 17.4 Å². The summed E-state index contributed by atoms with van der Waals surface area (Å²) in [4.78, 5) is 16.1. The summed E-state index contributed by atoms with van der Waals surface area (Å²) in [5.41, 5.74) is 2.08. The monoisotopic (exact) mass is 582 g/mol. The molecule has 4 rings (SSSR count). The summed E-state index contributed by atoms with van der Waals surface area (Å²) in [6.45, 7) is 2.16. The quantitative estimate of drug-likeness (QED) is 0.206. The molecule has 2 aromatic carbocycles. The van der Waals surface area contributed by atoms with Crippen molar-refractivity contribution in [3.8, 4) is 11.5 Å². The topological polar surface area (TPSA) is 103 Å². The van der Waals surface area contributed by atoms with Gasteiger partial charge in [0.1, 0.15) is 24.3 Å². The number of anilines is 1. The Bertz CT molecular complexity index is 1250. The smallest absolute Gasteiger partial charge is 0.491 e. The Labute approximate surface area is 234 Å². The maximum Gasteiger partial charge on any atom is 0.573 e. The SMILES string of the molecule is O=[N+]([O-])c1cn(CC[C@@H](O)COc2ccc(N3CCC(CCc4ccc(OC(F)(F)F)cc4)CC3)cc2)c(Cl)n1. The second-order valence-electron chi connectivity index (χ2n) is 9.73. The van der Waals surface area contributed by atoms with E-state index in [0.717, 1.165) is 50.0 Å². The lowest BCUT2D eigenvalue weighted by atomic mass is 9.90. The van der Waals surface area contributed by atoms with Crippen LogP contribution >= 0.6 is 11.6 Å². The summed E-state index contributed by atoms with van der Waals surface area (Å²) in [6.07, 6.45) is -0.0980. The van der Waals surface area contributed by atoms with Crippen molar-refractivity contribution < 1.29 is 32.7 Å². The number of hydrogen-bond acceptors (Lipinski definition) is 7. The molecule has 0 bridgehead atoms. The van der Waals surface area contributed by atoms with Gasteiger partial charge in [0.05, 0.1) is 6.10 Å². The summed E-state index contributed by atoms with van der Waals surface area (Å²) >= 11 is 5.89. The van der Waals surface area contributed by atoms with Gasteiger partial charge < -0.3 is 29.6 Å². The Morgan fingerprint density at radius 3 is 2.35 bits per heavy atom. The Kier molecular flexibility index (Phi) is 9.75. The number of alkyl halides is 3. The minimum atomic E-state index is -4.68. The molecule has 1 saturated heterocycles. The molecule has 0 unspecified atom stereocenters. The van der Waals surface area contributed by atoms with Crippen LogP contribution in [0.3, 0.4) is 0 Å². The highest BCUT2D eigenvalue weighted by Crippen LogP contribution is 2.29. The molecule has 3 aromatic rings. The van der Waals surface area contributed by atoms with Gasteiger partial charge in [0, 0.05) is 25.3 Å². The molecular formula is C27H30ClF3N4O5. The molecule has 0 spiro atoms. The highest BCUT2D eigenvalue weighted by molar-refractivity contribution is 6.28.